The van der Waals surface area contributed by atoms with Crippen molar-refractivity contribution in [2.45, 2.75) is 76.5 Å². The molecular weight excluding hydrogens is 484 g/mol. The van der Waals surface area contributed by atoms with Gasteiger partial charge in [-0.25, -0.2) is 0 Å². The van der Waals surface area contributed by atoms with Gasteiger partial charge >= 0.3 is 0 Å². The van der Waals surface area contributed by atoms with Crippen molar-refractivity contribution in [3.05, 3.63) is 0 Å². The molecule has 0 aromatic heterocycles. The molecule has 1 fully saturated rings. The first-order chi connectivity index (χ1) is 17.8. The number of aliphatic hydroxyl groups excluding tert-OH is 1. The van der Waals surface area contributed by atoms with Crippen molar-refractivity contribution in [2.24, 2.45) is 0 Å². The van der Waals surface area contributed by atoms with Gasteiger partial charge in [0.1, 0.15) is 6.23 Å². The van der Waals surface area contributed by atoms with E-state index in [2.05, 4.69) is 21.3 Å². The predicted octanol–water partition coefficient (Wildman–Crippen LogP) is 2.21. The van der Waals surface area contributed by atoms with E-state index in [1.165, 1.54) is 12.8 Å². The monoisotopic (exact) mass is 538 g/mol. The highest BCUT2D eigenvalue weighted by atomic mass is 35.5. The summed E-state index contributed by atoms with van der Waals surface area (Å²) in [4.78, 5) is 0. The molecule has 0 bridgehead atoms. The molecule has 2 unspecified atom stereocenters. The van der Waals surface area contributed by atoms with Crippen LogP contribution in [0.15, 0.2) is 0 Å². The van der Waals surface area contributed by atoms with Gasteiger partial charge in [0.05, 0.1) is 25.3 Å². The van der Waals surface area contributed by atoms with E-state index in [1.807, 2.05) is 0 Å². The Labute approximate surface area is 225 Å². The van der Waals surface area contributed by atoms with Crippen LogP contribution in [0.5, 0.6) is 0 Å². The molecule has 0 amide bonds. The van der Waals surface area contributed by atoms with E-state index in [0.717, 1.165) is 130 Å². The van der Waals surface area contributed by atoms with Gasteiger partial charge in [-0.2, -0.15) is 0 Å². The zero-order chi connectivity index (χ0) is 25.8. The molecule has 0 saturated carbocycles. The molecule has 0 spiro atoms. The van der Waals surface area contributed by atoms with Gasteiger partial charge < -0.3 is 34.7 Å². The summed E-state index contributed by atoms with van der Waals surface area (Å²) in [6, 6.07) is 0. The van der Waals surface area contributed by atoms with Crippen molar-refractivity contribution in [3.8, 4) is 0 Å². The number of rotatable bonds is 31. The Morgan fingerprint density at radius 2 is 1.14 bits per heavy atom. The third-order valence-corrected chi connectivity index (χ3v) is 6.08. The second-order valence-electron chi connectivity index (χ2n) is 9.35. The van der Waals surface area contributed by atoms with Gasteiger partial charge in [-0.15, -0.1) is 11.6 Å². The summed E-state index contributed by atoms with van der Waals surface area (Å²) >= 11 is 5.51. The van der Waals surface area contributed by atoms with Crippen LogP contribution in [-0.4, -0.2) is 109 Å². The predicted molar refractivity (Wildman–Crippen MR) is 147 cm³/mol. The zero-order valence-electron chi connectivity index (χ0n) is 22.6. The zero-order valence-corrected chi connectivity index (χ0v) is 23.3. The minimum absolute atomic E-state index is 0.223. The Morgan fingerprint density at radius 3 is 1.67 bits per heavy atom. The lowest BCUT2D eigenvalue weighted by atomic mass is 10.3. The number of hydrogen-bond donors (Lipinski definition) is 5. The van der Waals surface area contributed by atoms with Crippen molar-refractivity contribution in [1.29, 1.82) is 0 Å². The van der Waals surface area contributed by atoms with Gasteiger partial charge in [0.15, 0.2) is 0 Å². The van der Waals surface area contributed by atoms with Crippen LogP contribution >= 0.6 is 11.6 Å². The normalized spacial score (nSPS) is 16.0. The third-order valence-electron chi connectivity index (χ3n) is 5.79. The molecule has 36 heavy (non-hydrogen) atoms. The Kier molecular flexibility index (Phi) is 26.4. The van der Waals surface area contributed by atoms with Crippen molar-refractivity contribution in [3.63, 3.8) is 0 Å². The lowest BCUT2D eigenvalue weighted by molar-refractivity contribution is 0.108. The SMILES string of the molecule is OC(CCl)NCCCCOCCCCNCOCCCCNCCCCOCCCCNCC1CO1. The summed E-state index contributed by atoms with van der Waals surface area (Å²) in [5, 5.41) is 22.4. The number of hydrogen-bond acceptors (Lipinski definition) is 9. The Hall–Kier alpha value is -0.0700. The second kappa shape index (κ2) is 28.0. The molecule has 1 aliphatic rings. The lowest BCUT2D eigenvalue weighted by Crippen LogP contribution is -2.31. The first-order valence-corrected chi connectivity index (χ1v) is 14.8. The number of epoxide rings is 1. The molecule has 1 heterocycles. The summed E-state index contributed by atoms with van der Waals surface area (Å²) in [5.41, 5.74) is 0. The smallest absolute Gasteiger partial charge is 0.118 e. The molecule has 5 N–H and O–H groups in total. The number of aliphatic hydroxyl groups is 1. The molecule has 1 saturated heterocycles. The van der Waals surface area contributed by atoms with Crippen molar-refractivity contribution in [2.75, 3.05) is 91.5 Å². The molecule has 2 atom stereocenters. The van der Waals surface area contributed by atoms with Crippen LogP contribution in [-0.2, 0) is 18.9 Å². The van der Waals surface area contributed by atoms with Crippen molar-refractivity contribution in [1.82, 2.24) is 21.3 Å². The third kappa shape index (κ3) is 27.0. The van der Waals surface area contributed by atoms with E-state index < -0.39 is 6.23 Å². The summed E-state index contributed by atoms with van der Waals surface area (Å²) in [5.74, 6) is 0.223. The highest BCUT2D eigenvalue weighted by Crippen LogP contribution is 2.06. The lowest BCUT2D eigenvalue weighted by Gasteiger charge is -2.09. The van der Waals surface area contributed by atoms with Crippen LogP contribution in [0.4, 0.5) is 0 Å². The van der Waals surface area contributed by atoms with Gasteiger partial charge in [0.25, 0.3) is 0 Å². The number of halogens is 1. The van der Waals surface area contributed by atoms with Crippen LogP contribution in [0.3, 0.4) is 0 Å². The summed E-state index contributed by atoms with van der Waals surface area (Å²) in [6.07, 6.45) is 10.9. The van der Waals surface area contributed by atoms with E-state index in [4.69, 9.17) is 30.5 Å². The summed E-state index contributed by atoms with van der Waals surface area (Å²) in [7, 11) is 0. The number of alkyl halides is 1. The fourth-order valence-electron chi connectivity index (χ4n) is 3.46. The highest BCUT2D eigenvalue weighted by Gasteiger charge is 2.20. The number of unbranched alkanes of at least 4 members (excludes halogenated alkanes) is 5. The van der Waals surface area contributed by atoms with Gasteiger partial charge in [-0.1, -0.05) is 0 Å². The van der Waals surface area contributed by atoms with E-state index in [9.17, 15) is 5.11 Å². The average Bonchev–Trinajstić information content (AvgIpc) is 3.72. The standard InChI is InChI=1S/C26H55ClN4O5/c27-21-26(32)31-15-5-10-19-34-18-8-4-14-30-24-35-20-9-2-12-28-11-1-6-16-33-17-7-3-13-29-22-25-23-36-25/h25-26,28-32H,1-24H2. The van der Waals surface area contributed by atoms with E-state index in [0.29, 0.717) is 12.8 Å². The van der Waals surface area contributed by atoms with E-state index in [-0.39, 0.29) is 5.88 Å². The minimum Gasteiger partial charge on any atom is -0.381 e. The fourth-order valence-corrected chi connectivity index (χ4v) is 3.57. The summed E-state index contributed by atoms with van der Waals surface area (Å²) < 4.78 is 22.1. The Bertz CT molecular complexity index is 439. The summed E-state index contributed by atoms with van der Waals surface area (Å²) in [6.45, 7) is 11.6. The minimum atomic E-state index is -0.603. The molecule has 0 aromatic rings. The van der Waals surface area contributed by atoms with Crippen LogP contribution in [0.2, 0.25) is 0 Å². The van der Waals surface area contributed by atoms with Gasteiger partial charge in [-0.3, -0.25) is 10.6 Å². The maximum Gasteiger partial charge on any atom is 0.118 e. The highest BCUT2D eigenvalue weighted by molar-refractivity contribution is 6.18. The fraction of sp³-hybridized carbons (Fsp3) is 1.00. The van der Waals surface area contributed by atoms with Gasteiger partial charge in [0, 0.05) is 39.6 Å². The first-order valence-electron chi connectivity index (χ1n) is 14.3. The largest absolute Gasteiger partial charge is 0.381 e. The Morgan fingerprint density at radius 1 is 0.667 bits per heavy atom. The average molecular weight is 539 g/mol. The molecule has 10 heteroatoms. The maximum absolute atomic E-state index is 9.27. The first kappa shape index (κ1) is 34.0. The molecule has 216 valence electrons. The molecule has 9 nitrogen and oxygen atoms in total. The molecule has 1 rings (SSSR count). The van der Waals surface area contributed by atoms with Crippen LogP contribution in [0.25, 0.3) is 0 Å². The molecule has 0 aromatic carbocycles. The van der Waals surface area contributed by atoms with E-state index >= 15 is 0 Å². The maximum atomic E-state index is 9.27. The van der Waals surface area contributed by atoms with Crippen molar-refractivity contribution < 1.29 is 24.1 Å². The van der Waals surface area contributed by atoms with Gasteiger partial charge in [0.2, 0.25) is 0 Å². The van der Waals surface area contributed by atoms with Crippen LogP contribution in [0.1, 0.15) is 64.2 Å². The molecule has 0 aliphatic carbocycles. The van der Waals surface area contributed by atoms with Crippen LogP contribution in [0, 0.1) is 0 Å². The quantitative estimate of drug-likeness (QED) is 0.0393. The number of nitrogens with one attached hydrogen (secondary N) is 4. The van der Waals surface area contributed by atoms with E-state index in [1.54, 1.807) is 0 Å². The number of ether oxygens (including phenoxy) is 4. The topological polar surface area (TPSA) is 109 Å². The molecule has 0 radical (unpaired) electrons. The molecule has 1 aliphatic heterocycles. The Balaban J connectivity index is 1.59. The van der Waals surface area contributed by atoms with Gasteiger partial charge in [-0.05, 0) is 96.9 Å². The molecular formula is C26H55ClN4O5. The second-order valence-corrected chi connectivity index (χ2v) is 9.66. The van der Waals surface area contributed by atoms with Crippen LogP contribution < -0.4 is 21.3 Å². The van der Waals surface area contributed by atoms with Crippen molar-refractivity contribution >= 4 is 11.6 Å².